The van der Waals surface area contributed by atoms with Crippen LogP contribution in [0.4, 0.5) is 28.8 Å². The lowest BCUT2D eigenvalue weighted by Crippen LogP contribution is -2.30. The maximum Gasteiger partial charge on any atom is 0.242 e. The molecule has 206 valence electrons. The Morgan fingerprint density at radius 2 is 1.84 bits per heavy atom. The van der Waals surface area contributed by atoms with Gasteiger partial charge in [-0.2, -0.15) is 4.98 Å². The molecule has 0 aliphatic carbocycles. The number of halogens is 1. The molecule has 0 aliphatic heterocycles. The molecule has 0 amide bonds. The van der Waals surface area contributed by atoms with Gasteiger partial charge in [0.1, 0.15) is 15.7 Å². The van der Waals surface area contributed by atoms with E-state index in [1.807, 2.05) is 25.1 Å². The first-order valence-corrected chi connectivity index (χ1v) is 14.3. The Kier molecular flexibility index (Phi) is 10.5. The molecule has 10 nitrogen and oxygen atoms in total. The number of sulfonamides is 1. The van der Waals surface area contributed by atoms with Gasteiger partial charge >= 0.3 is 0 Å². The predicted molar refractivity (Wildman–Crippen MR) is 155 cm³/mol. The van der Waals surface area contributed by atoms with Gasteiger partial charge in [-0.15, -0.1) is 0 Å². The molecular formula is C26H36ClN7O3S. The van der Waals surface area contributed by atoms with Crippen molar-refractivity contribution < 1.29 is 13.2 Å². The Balaban J connectivity index is 1.82. The van der Waals surface area contributed by atoms with Crippen molar-refractivity contribution in [3.63, 3.8) is 0 Å². The minimum absolute atomic E-state index is 0.0881. The molecule has 1 aromatic heterocycles. The highest BCUT2D eigenvalue weighted by Gasteiger charge is 2.20. The summed E-state index contributed by atoms with van der Waals surface area (Å²) in [4.78, 5) is 11.0. The summed E-state index contributed by atoms with van der Waals surface area (Å²) in [5.74, 6) is 1.17. The maximum absolute atomic E-state index is 12.8. The van der Waals surface area contributed by atoms with Gasteiger partial charge in [-0.25, -0.2) is 18.1 Å². The van der Waals surface area contributed by atoms with Gasteiger partial charge in [-0.05, 0) is 72.1 Å². The van der Waals surface area contributed by atoms with Crippen LogP contribution in [0.1, 0.15) is 27.2 Å². The van der Waals surface area contributed by atoms with Crippen LogP contribution in [0.15, 0.2) is 53.6 Å². The first-order chi connectivity index (χ1) is 18.1. The zero-order valence-electron chi connectivity index (χ0n) is 22.4. The van der Waals surface area contributed by atoms with Crippen LogP contribution < -0.4 is 25.4 Å². The lowest BCUT2D eigenvalue weighted by Gasteiger charge is -2.16. The van der Waals surface area contributed by atoms with Gasteiger partial charge < -0.3 is 25.6 Å². The molecule has 0 fully saturated rings. The molecule has 3 rings (SSSR count). The number of ether oxygens (including phenoxy) is 1. The highest BCUT2D eigenvalue weighted by atomic mass is 35.5. The third kappa shape index (κ3) is 8.45. The van der Waals surface area contributed by atoms with Crippen LogP contribution in [0.3, 0.4) is 0 Å². The van der Waals surface area contributed by atoms with Crippen molar-refractivity contribution in [2.45, 2.75) is 38.1 Å². The Hall–Kier alpha value is -3.12. The third-order valence-corrected chi connectivity index (χ3v) is 7.20. The standard InChI is InChI=1S/C26H36ClN7O3S/c1-6-37-23-16-19(28-14-9-15-34(4)5)12-13-21(23)31-26-29-17-20(27)25(32-26)30-22-10-7-8-11-24(22)38(35,36)33-18(2)3/h7-8,10-13,16-18,28,33H,6,9,14-15H2,1-5H3,(H2,29,30,31,32). The first-order valence-electron chi connectivity index (χ1n) is 12.4. The van der Waals surface area contributed by atoms with E-state index >= 15 is 0 Å². The van der Waals surface area contributed by atoms with Crippen molar-refractivity contribution in [3.8, 4) is 5.75 Å². The number of nitrogens with zero attached hydrogens (tertiary/aromatic N) is 3. The van der Waals surface area contributed by atoms with E-state index in [4.69, 9.17) is 16.3 Å². The molecule has 0 radical (unpaired) electrons. The second kappa shape index (κ2) is 13.6. The highest BCUT2D eigenvalue weighted by molar-refractivity contribution is 7.89. The van der Waals surface area contributed by atoms with Gasteiger partial charge in [0.05, 0.1) is 24.2 Å². The molecule has 0 saturated carbocycles. The Morgan fingerprint density at radius 3 is 2.55 bits per heavy atom. The zero-order valence-corrected chi connectivity index (χ0v) is 23.9. The molecule has 38 heavy (non-hydrogen) atoms. The summed E-state index contributed by atoms with van der Waals surface area (Å²) >= 11 is 6.37. The van der Waals surface area contributed by atoms with Gasteiger partial charge in [0.25, 0.3) is 0 Å². The molecule has 12 heteroatoms. The Labute approximate surface area is 230 Å². The van der Waals surface area contributed by atoms with Crippen molar-refractivity contribution >= 4 is 50.5 Å². The molecule has 0 unspecified atom stereocenters. The molecule has 0 bridgehead atoms. The van der Waals surface area contributed by atoms with Crippen LogP contribution in [-0.2, 0) is 10.0 Å². The van der Waals surface area contributed by atoms with Crippen molar-refractivity contribution in [1.29, 1.82) is 0 Å². The topological polar surface area (TPSA) is 121 Å². The second-order valence-corrected chi connectivity index (χ2v) is 11.2. The summed E-state index contributed by atoms with van der Waals surface area (Å²) in [5, 5.41) is 9.88. The molecule has 0 aliphatic rings. The predicted octanol–water partition coefficient (Wildman–Crippen LogP) is 5.07. The smallest absolute Gasteiger partial charge is 0.242 e. The van der Waals surface area contributed by atoms with Crippen LogP contribution in [0.2, 0.25) is 5.02 Å². The van der Waals surface area contributed by atoms with Crippen molar-refractivity contribution in [3.05, 3.63) is 53.7 Å². The summed E-state index contributed by atoms with van der Waals surface area (Å²) in [6, 6.07) is 12.1. The molecule has 0 saturated heterocycles. The molecule has 0 atom stereocenters. The van der Waals surface area contributed by atoms with Gasteiger partial charge in [0.15, 0.2) is 5.82 Å². The van der Waals surface area contributed by atoms with E-state index in [0.29, 0.717) is 23.7 Å². The summed E-state index contributed by atoms with van der Waals surface area (Å²) < 4.78 is 34.1. The Bertz CT molecular complexity index is 1320. The van der Waals surface area contributed by atoms with Gasteiger partial charge in [0, 0.05) is 24.3 Å². The van der Waals surface area contributed by atoms with Crippen LogP contribution in [0, 0.1) is 0 Å². The number of anilines is 5. The monoisotopic (exact) mass is 561 g/mol. The van der Waals surface area contributed by atoms with E-state index in [-0.39, 0.29) is 27.7 Å². The number of hydrogen-bond acceptors (Lipinski definition) is 9. The zero-order chi connectivity index (χ0) is 27.7. The number of rotatable bonds is 14. The quantitative estimate of drug-likeness (QED) is 0.200. The second-order valence-electron chi connectivity index (χ2n) is 9.14. The Morgan fingerprint density at radius 1 is 1.08 bits per heavy atom. The molecule has 1 heterocycles. The van der Waals surface area contributed by atoms with E-state index in [0.717, 1.165) is 25.2 Å². The number of nitrogens with one attached hydrogen (secondary N) is 4. The average Bonchev–Trinajstić information content (AvgIpc) is 2.85. The van der Waals surface area contributed by atoms with Crippen LogP contribution >= 0.6 is 11.6 Å². The molecule has 0 spiro atoms. The van der Waals surface area contributed by atoms with Crippen LogP contribution in [0.25, 0.3) is 0 Å². The largest absolute Gasteiger partial charge is 0.492 e. The van der Waals surface area contributed by atoms with E-state index in [9.17, 15) is 8.42 Å². The SMILES string of the molecule is CCOc1cc(NCCCN(C)C)ccc1Nc1ncc(Cl)c(Nc2ccccc2S(=O)(=O)NC(C)C)n1. The summed E-state index contributed by atoms with van der Waals surface area (Å²) in [7, 11) is 0.357. The lowest BCUT2D eigenvalue weighted by molar-refractivity contribution is 0.342. The molecule has 2 aromatic carbocycles. The average molecular weight is 562 g/mol. The summed E-state index contributed by atoms with van der Waals surface area (Å²) in [5.41, 5.74) is 1.97. The van der Waals surface area contributed by atoms with Gasteiger partial charge in [-0.3, -0.25) is 0 Å². The summed E-state index contributed by atoms with van der Waals surface area (Å²) in [6.45, 7) is 7.77. The van der Waals surface area contributed by atoms with Crippen molar-refractivity contribution in [2.75, 3.05) is 49.7 Å². The molecule has 3 aromatic rings. The third-order valence-electron chi connectivity index (χ3n) is 5.20. The van der Waals surface area contributed by atoms with Crippen molar-refractivity contribution in [2.24, 2.45) is 0 Å². The fraction of sp³-hybridized carbons (Fsp3) is 0.385. The van der Waals surface area contributed by atoms with Gasteiger partial charge in [-0.1, -0.05) is 23.7 Å². The normalized spacial score (nSPS) is 11.6. The van der Waals surface area contributed by atoms with E-state index < -0.39 is 10.0 Å². The first kappa shape index (κ1) is 29.4. The lowest BCUT2D eigenvalue weighted by atomic mass is 10.2. The highest BCUT2D eigenvalue weighted by Crippen LogP contribution is 2.32. The maximum atomic E-state index is 12.8. The van der Waals surface area contributed by atoms with Crippen LogP contribution in [0.5, 0.6) is 5.75 Å². The van der Waals surface area contributed by atoms with E-state index in [2.05, 4.69) is 49.6 Å². The van der Waals surface area contributed by atoms with Crippen LogP contribution in [-0.4, -0.2) is 63.1 Å². The fourth-order valence-corrected chi connectivity index (χ4v) is 5.13. The number of benzene rings is 2. The molecular weight excluding hydrogens is 526 g/mol. The van der Waals surface area contributed by atoms with E-state index in [1.54, 1.807) is 32.0 Å². The number of para-hydroxylation sites is 1. The van der Waals surface area contributed by atoms with E-state index in [1.165, 1.54) is 12.3 Å². The number of hydrogen-bond donors (Lipinski definition) is 4. The fourth-order valence-electron chi connectivity index (χ4n) is 3.58. The minimum Gasteiger partial charge on any atom is -0.492 e. The van der Waals surface area contributed by atoms with Gasteiger partial charge in [0.2, 0.25) is 16.0 Å². The summed E-state index contributed by atoms with van der Waals surface area (Å²) in [6.07, 6.45) is 2.47. The number of aromatic nitrogens is 2. The minimum atomic E-state index is -3.75. The van der Waals surface area contributed by atoms with Crippen molar-refractivity contribution in [1.82, 2.24) is 19.6 Å². The molecule has 4 N–H and O–H groups in total.